The van der Waals surface area contributed by atoms with Gasteiger partial charge < -0.3 is 10.1 Å². The van der Waals surface area contributed by atoms with E-state index in [1.807, 2.05) is 24.3 Å². The van der Waals surface area contributed by atoms with Gasteiger partial charge in [0.05, 0.1) is 0 Å². The maximum absolute atomic E-state index is 12.2. The third-order valence-electron chi connectivity index (χ3n) is 4.92. The van der Waals surface area contributed by atoms with Crippen LogP contribution in [0.4, 0.5) is 0 Å². The number of carbonyl (C=O) groups excluding carboxylic acids is 2. The van der Waals surface area contributed by atoms with Gasteiger partial charge in [-0.05, 0) is 37.0 Å². The van der Waals surface area contributed by atoms with Crippen molar-refractivity contribution in [3.63, 3.8) is 0 Å². The molecule has 1 saturated carbocycles. The molecule has 25 heavy (non-hydrogen) atoms. The Hall–Kier alpha value is -1.63. The van der Waals surface area contributed by atoms with Gasteiger partial charge in [0.1, 0.15) is 6.04 Å². The summed E-state index contributed by atoms with van der Waals surface area (Å²) >= 11 is 5.84. The van der Waals surface area contributed by atoms with Gasteiger partial charge in [-0.1, -0.05) is 36.6 Å². The fraction of sp³-hybridized carbons (Fsp3) is 0.556. The minimum absolute atomic E-state index is 0.241. The predicted octanol–water partition coefficient (Wildman–Crippen LogP) is 1.58. The number of hydrogen-bond acceptors (Lipinski definition) is 5. The molecule has 1 aromatic carbocycles. The van der Waals surface area contributed by atoms with Gasteiger partial charge in [0, 0.05) is 23.5 Å². The van der Waals surface area contributed by atoms with E-state index in [1.54, 1.807) is 0 Å². The van der Waals surface area contributed by atoms with Gasteiger partial charge in [-0.3, -0.25) is 15.0 Å². The Balaban J connectivity index is 1.35. The molecule has 2 fully saturated rings. The molecule has 1 saturated heterocycles. The minimum Gasteiger partial charge on any atom is -0.454 e. The van der Waals surface area contributed by atoms with Crippen LogP contribution in [0, 0.1) is 5.92 Å². The van der Waals surface area contributed by atoms with Gasteiger partial charge in [0.2, 0.25) is 0 Å². The predicted molar refractivity (Wildman–Crippen MR) is 94.9 cm³/mol. The lowest BCUT2D eigenvalue weighted by molar-refractivity contribution is -0.151. The topological polar surface area (TPSA) is 79.5 Å². The number of fused-ring (bicyclic) bond motifs is 1. The molecule has 3 unspecified atom stereocenters. The Morgan fingerprint density at radius 3 is 2.72 bits per heavy atom. The number of esters is 1. The normalized spacial score (nSPS) is 25.2. The quantitative estimate of drug-likeness (QED) is 0.667. The maximum atomic E-state index is 12.2. The van der Waals surface area contributed by atoms with Gasteiger partial charge in [-0.2, -0.15) is 0 Å². The second-order valence-corrected chi connectivity index (χ2v) is 7.09. The summed E-state index contributed by atoms with van der Waals surface area (Å²) in [6.45, 7) is 0.251. The summed E-state index contributed by atoms with van der Waals surface area (Å²) in [6.07, 6.45) is 5.12. The Morgan fingerprint density at radius 2 is 1.92 bits per heavy atom. The molecule has 6 nitrogen and oxygen atoms in total. The summed E-state index contributed by atoms with van der Waals surface area (Å²) in [4.78, 5) is 24.1. The molecular weight excluding hydrogens is 342 g/mol. The van der Waals surface area contributed by atoms with Crippen LogP contribution in [0.25, 0.3) is 0 Å². The Labute approximate surface area is 152 Å². The molecule has 7 heteroatoms. The highest BCUT2D eigenvalue weighted by atomic mass is 35.5. The molecule has 1 aromatic rings. The van der Waals surface area contributed by atoms with E-state index in [2.05, 4.69) is 16.2 Å². The molecular formula is C18H24ClN3O3. The molecule has 3 atom stereocenters. The lowest BCUT2D eigenvalue weighted by Crippen LogP contribution is -2.41. The number of benzene rings is 1. The van der Waals surface area contributed by atoms with Crippen LogP contribution in [0.2, 0.25) is 5.02 Å². The van der Waals surface area contributed by atoms with Gasteiger partial charge in [0.25, 0.3) is 5.91 Å². The lowest BCUT2D eigenvalue weighted by Gasteiger charge is -2.26. The zero-order chi connectivity index (χ0) is 17.6. The van der Waals surface area contributed by atoms with E-state index in [1.165, 1.54) is 6.42 Å². The highest BCUT2D eigenvalue weighted by molar-refractivity contribution is 6.30. The number of nitrogens with one attached hydrogen (secondary N) is 3. The standard InChI is InChI=1S/C18H24ClN3O3/c19-13-7-5-12(6-8-13)9-10-20-16(23)11-25-18(24)17-14-3-1-2-4-15(14)21-22-17/h5-8,14-15,17,21-22H,1-4,9-11H2,(H,20,23). The van der Waals surface area contributed by atoms with E-state index >= 15 is 0 Å². The molecule has 1 amide bonds. The van der Waals surface area contributed by atoms with Crippen molar-refractivity contribution < 1.29 is 14.3 Å². The summed E-state index contributed by atoms with van der Waals surface area (Å²) in [5.41, 5.74) is 7.29. The van der Waals surface area contributed by atoms with Crippen molar-refractivity contribution in [2.75, 3.05) is 13.2 Å². The monoisotopic (exact) mass is 365 g/mol. The third-order valence-corrected chi connectivity index (χ3v) is 5.17. The smallest absolute Gasteiger partial charge is 0.325 e. The molecule has 0 bridgehead atoms. The summed E-state index contributed by atoms with van der Waals surface area (Å²) in [5, 5.41) is 3.45. The lowest BCUT2D eigenvalue weighted by atomic mass is 9.82. The van der Waals surface area contributed by atoms with E-state index in [0.29, 0.717) is 24.0 Å². The number of halogens is 1. The second kappa shape index (κ2) is 8.65. The maximum Gasteiger partial charge on any atom is 0.325 e. The minimum atomic E-state index is -0.354. The van der Waals surface area contributed by atoms with Gasteiger partial charge in [-0.25, -0.2) is 5.43 Å². The molecule has 1 aliphatic heterocycles. The second-order valence-electron chi connectivity index (χ2n) is 6.66. The Bertz CT molecular complexity index is 608. The fourth-order valence-corrected chi connectivity index (χ4v) is 3.68. The van der Waals surface area contributed by atoms with Crippen molar-refractivity contribution in [2.45, 2.75) is 44.2 Å². The first kappa shape index (κ1) is 18.2. The average Bonchev–Trinajstić information content (AvgIpc) is 3.05. The molecule has 0 radical (unpaired) electrons. The van der Waals surface area contributed by atoms with Crippen molar-refractivity contribution in [3.8, 4) is 0 Å². The fourth-order valence-electron chi connectivity index (χ4n) is 3.55. The highest BCUT2D eigenvalue weighted by Crippen LogP contribution is 2.30. The summed E-state index contributed by atoms with van der Waals surface area (Å²) in [6, 6.07) is 7.47. The Kier molecular flexibility index (Phi) is 6.29. The highest BCUT2D eigenvalue weighted by Gasteiger charge is 2.41. The van der Waals surface area contributed by atoms with Crippen molar-refractivity contribution in [1.82, 2.24) is 16.2 Å². The van der Waals surface area contributed by atoms with E-state index in [-0.39, 0.29) is 30.4 Å². The van der Waals surface area contributed by atoms with Crippen molar-refractivity contribution in [1.29, 1.82) is 0 Å². The molecule has 1 heterocycles. The third kappa shape index (κ3) is 4.93. The molecule has 0 aromatic heterocycles. The zero-order valence-corrected chi connectivity index (χ0v) is 14.8. The first-order chi connectivity index (χ1) is 12.1. The molecule has 2 aliphatic rings. The van der Waals surface area contributed by atoms with E-state index in [9.17, 15) is 9.59 Å². The molecule has 136 valence electrons. The molecule has 1 aliphatic carbocycles. The summed E-state index contributed by atoms with van der Waals surface area (Å²) in [7, 11) is 0. The van der Waals surface area contributed by atoms with Crippen LogP contribution >= 0.6 is 11.6 Å². The van der Waals surface area contributed by atoms with E-state index in [4.69, 9.17) is 16.3 Å². The van der Waals surface area contributed by atoms with Crippen LogP contribution < -0.4 is 16.2 Å². The van der Waals surface area contributed by atoms with Crippen molar-refractivity contribution in [3.05, 3.63) is 34.9 Å². The molecule has 3 rings (SSSR count). The first-order valence-corrected chi connectivity index (χ1v) is 9.20. The molecule has 0 spiro atoms. The number of carbonyl (C=O) groups is 2. The van der Waals surface area contributed by atoms with Gasteiger partial charge in [0.15, 0.2) is 6.61 Å². The van der Waals surface area contributed by atoms with Crippen LogP contribution in [-0.4, -0.2) is 37.1 Å². The number of hydrogen-bond donors (Lipinski definition) is 3. The van der Waals surface area contributed by atoms with Crippen LogP contribution in [-0.2, 0) is 20.7 Å². The van der Waals surface area contributed by atoms with Crippen molar-refractivity contribution >= 4 is 23.5 Å². The summed E-state index contributed by atoms with van der Waals surface area (Å²) in [5.74, 6) is -0.377. The summed E-state index contributed by atoms with van der Waals surface area (Å²) < 4.78 is 5.18. The SMILES string of the molecule is O=C(COC(=O)C1NNC2CCCCC21)NCCc1ccc(Cl)cc1. The van der Waals surface area contributed by atoms with E-state index in [0.717, 1.165) is 24.8 Å². The largest absolute Gasteiger partial charge is 0.454 e. The van der Waals surface area contributed by atoms with Crippen molar-refractivity contribution in [2.24, 2.45) is 5.92 Å². The average molecular weight is 366 g/mol. The number of amides is 1. The van der Waals surface area contributed by atoms with Crippen LogP contribution in [0.15, 0.2) is 24.3 Å². The zero-order valence-electron chi connectivity index (χ0n) is 14.1. The number of rotatable bonds is 6. The van der Waals surface area contributed by atoms with Gasteiger partial charge >= 0.3 is 5.97 Å². The molecule has 3 N–H and O–H groups in total. The van der Waals surface area contributed by atoms with Crippen LogP contribution in [0.3, 0.4) is 0 Å². The first-order valence-electron chi connectivity index (χ1n) is 8.82. The van der Waals surface area contributed by atoms with Crippen LogP contribution in [0.5, 0.6) is 0 Å². The number of ether oxygens (including phenoxy) is 1. The number of hydrazine groups is 1. The van der Waals surface area contributed by atoms with E-state index < -0.39 is 0 Å². The van der Waals surface area contributed by atoms with Crippen LogP contribution in [0.1, 0.15) is 31.2 Å². The Morgan fingerprint density at radius 1 is 1.16 bits per heavy atom. The van der Waals surface area contributed by atoms with Gasteiger partial charge in [-0.15, -0.1) is 0 Å².